The Kier molecular flexibility index (Phi) is 10.1. The number of aromatic nitrogens is 2. The van der Waals surface area contributed by atoms with E-state index in [4.69, 9.17) is 5.21 Å². The molecule has 1 saturated heterocycles. The van der Waals surface area contributed by atoms with Crippen molar-refractivity contribution in [1.82, 2.24) is 15.4 Å². The number of rotatable bonds is 4. The van der Waals surface area contributed by atoms with Gasteiger partial charge in [0.25, 0.3) is 5.91 Å². The van der Waals surface area contributed by atoms with Gasteiger partial charge in [0.15, 0.2) is 0 Å². The molecule has 7 nitrogen and oxygen atoms in total. The molecule has 0 aliphatic carbocycles. The summed E-state index contributed by atoms with van der Waals surface area (Å²) in [4.78, 5) is 25.7. The van der Waals surface area contributed by atoms with Crippen LogP contribution < -0.4 is 15.3 Å². The fourth-order valence-electron chi connectivity index (χ4n) is 4.17. The van der Waals surface area contributed by atoms with Crippen LogP contribution in [0.1, 0.15) is 10.4 Å². The van der Waals surface area contributed by atoms with Crippen LogP contribution in [0.25, 0.3) is 22.2 Å². The molecule has 2 aromatic carbocycles. The Balaban J connectivity index is 0.00000144. The Hall–Kier alpha value is -3.10. The topological polar surface area (TPSA) is 81.6 Å². The number of carbonyl (C=O) groups excluding carboxylic acids is 1. The van der Waals surface area contributed by atoms with E-state index in [0.29, 0.717) is 22.2 Å². The molecule has 2 N–H and O–H groups in total. The van der Waals surface area contributed by atoms with Gasteiger partial charge in [-0.2, -0.15) is 0 Å². The largest absolute Gasteiger partial charge is 0.368 e. The van der Waals surface area contributed by atoms with Gasteiger partial charge in [0.2, 0.25) is 0 Å². The van der Waals surface area contributed by atoms with Crippen LogP contribution in [0.5, 0.6) is 0 Å². The van der Waals surface area contributed by atoms with E-state index in [-0.39, 0.29) is 37.2 Å². The number of amides is 1. The zero-order valence-corrected chi connectivity index (χ0v) is 21.2. The quantitative estimate of drug-likeness (QED) is 0.283. The molecule has 1 fully saturated rings. The van der Waals surface area contributed by atoms with E-state index in [1.807, 2.05) is 18.2 Å². The Labute approximate surface area is 222 Å². The first kappa shape index (κ1) is 28.1. The summed E-state index contributed by atoms with van der Waals surface area (Å²) in [6.07, 6.45) is 3.22. The normalized spacial score (nSPS) is 12.7. The minimum atomic E-state index is -0.584. The number of hydroxylamine groups is 1. The number of para-hydroxylation sites is 1. The van der Waals surface area contributed by atoms with Gasteiger partial charge in [-0.1, -0.05) is 30.3 Å². The van der Waals surface area contributed by atoms with Crippen LogP contribution in [0.3, 0.4) is 0 Å². The average molecular weight is 535 g/mol. The van der Waals surface area contributed by atoms with Crippen LogP contribution in [0.4, 0.5) is 11.4 Å². The van der Waals surface area contributed by atoms with Gasteiger partial charge in [0.1, 0.15) is 0 Å². The molecule has 1 aliphatic heterocycles. The first-order valence-corrected chi connectivity index (χ1v) is 10.6. The lowest BCUT2D eigenvalue weighted by atomic mass is 10.0. The maximum Gasteiger partial charge on any atom is 0.275 e. The molecular weight excluding hydrogens is 509 g/mol. The van der Waals surface area contributed by atoms with Crippen molar-refractivity contribution in [1.29, 1.82) is 0 Å². The lowest BCUT2D eigenvalue weighted by Crippen LogP contribution is -2.46. The van der Waals surface area contributed by atoms with Gasteiger partial charge in [-0.25, -0.2) is 10.5 Å². The summed E-state index contributed by atoms with van der Waals surface area (Å²) in [6, 6.07) is 22.2. The molecule has 3 heterocycles. The van der Waals surface area contributed by atoms with E-state index in [0.717, 1.165) is 31.7 Å². The molecule has 0 saturated carbocycles. The zero-order valence-electron chi connectivity index (χ0n) is 18.7. The molecule has 1 aliphatic rings. The number of piperazine rings is 1. The third-order valence-corrected chi connectivity index (χ3v) is 5.89. The van der Waals surface area contributed by atoms with E-state index in [1.165, 1.54) is 11.4 Å². The molecule has 5 rings (SSSR count). The minimum absolute atomic E-state index is 0. The summed E-state index contributed by atoms with van der Waals surface area (Å²) < 4.78 is 0. The molecule has 2 aromatic heterocycles. The van der Waals surface area contributed by atoms with Gasteiger partial charge in [-0.3, -0.25) is 15.0 Å². The Bertz CT molecular complexity index is 1250. The molecule has 0 atom stereocenters. The first-order chi connectivity index (χ1) is 15.7. The number of carbonyl (C=O) groups is 1. The molecule has 10 heteroatoms. The van der Waals surface area contributed by atoms with Crippen molar-refractivity contribution in [3.05, 3.63) is 84.7 Å². The van der Waals surface area contributed by atoms with Crippen molar-refractivity contribution in [2.24, 2.45) is 0 Å². The van der Waals surface area contributed by atoms with Crippen molar-refractivity contribution in [3.8, 4) is 11.3 Å². The lowest BCUT2D eigenvalue weighted by molar-refractivity contribution is 0.0708. The molecule has 0 radical (unpaired) electrons. The summed E-state index contributed by atoms with van der Waals surface area (Å²) in [6.45, 7) is 3.86. The number of hydrogen-bond acceptors (Lipinski definition) is 6. The van der Waals surface area contributed by atoms with E-state index < -0.39 is 5.91 Å². The highest BCUT2D eigenvalue weighted by Crippen LogP contribution is 2.27. The summed E-state index contributed by atoms with van der Waals surface area (Å²) in [5.74, 6) is -0.584. The number of pyridine rings is 2. The summed E-state index contributed by atoms with van der Waals surface area (Å²) >= 11 is 0. The first-order valence-electron chi connectivity index (χ1n) is 10.6. The summed E-state index contributed by atoms with van der Waals surface area (Å²) in [7, 11) is 0. The van der Waals surface area contributed by atoms with Crippen LogP contribution >= 0.6 is 37.2 Å². The van der Waals surface area contributed by atoms with Gasteiger partial charge < -0.3 is 9.80 Å². The SMILES string of the molecule is Cl.Cl.Cl.O=C(NO)c1cc(-c2ccc(N3CCN(c4ccccc4)CC3)cc2)nc2ccncc12. The smallest absolute Gasteiger partial charge is 0.275 e. The van der Waals surface area contributed by atoms with Gasteiger partial charge in [0.05, 0.1) is 16.8 Å². The maximum atomic E-state index is 12.2. The summed E-state index contributed by atoms with van der Waals surface area (Å²) in [5, 5.41) is 9.73. The maximum absolute atomic E-state index is 12.2. The Morgan fingerprint density at radius 3 is 2.03 bits per heavy atom. The molecule has 0 unspecified atom stereocenters. The second kappa shape index (κ2) is 12.6. The van der Waals surface area contributed by atoms with Gasteiger partial charge >= 0.3 is 0 Å². The molecule has 35 heavy (non-hydrogen) atoms. The standard InChI is InChI=1S/C25H23N5O2.3ClH/c31-25(28-32)21-16-24(27-23-10-11-26-17-22(21)23)18-6-8-20(9-7-18)30-14-12-29(13-15-30)19-4-2-1-3-5-19;;;/h1-11,16-17,32H,12-15H2,(H,28,31);3*1H. The highest BCUT2D eigenvalue weighted by molar-refractivity contribution is 6.06. The number of benzene rings is 2. The molecule has 1 amide bonds. The Morgan fingerprint density at radius 2 is 1.43 bits per heavy atom. The van der Waals surface area contributed by atoms with Crippen molar-refractivity contribution in [2.45, 2.75) is 0 Å². The average Bonchev–Trinajstić information content (AvgIpc) is 2.88. The molecular formula is C25H26Cl3N5O2. The van der Waals surface area contributed by atoms with Crippen LogP contribution in [0.2, 0.25) is 0 Å². The van der Waals surface area contributed by atoms with Crippen LogP contribution in [-0.2, 0) is 0 Å². The van der Waals surface area contributed by atoms with Crippen molar-refractivity contribution < 1.29 is 10.0 Å². The third kappa shape index (κ3) is 5.94. The number of fused-ring (bicyclic) bond motifs is 1. The monoisotopic (exact) mass is 533 g/mol. The lowest BCUT2D eigenvalue weighted by Gasteiger charge is -2.37. The second-order valence-electron chi connectivity index (χ2n) is 7.75. The van der Waals surface area contributed by atoms with Crippen molar-refractivity contribution in [2.75, 3.05) is 36.0 Å². The highest BCUT2D eigenvalue weighted by Gasteiger charge is 2.18. The van der Waals surface area contributed by atoms with Gasteiger partial charge in [-0.05, 0) is 36.4 Å². The van der Waals surface area contributed by atoms with E-state index >= 15 is 0 Å². The molecule has 0 spiro atoms. The molecule has 4 aromatic rings. The number of hydrogen-bond donors (Lipinski definition) is 2. The fourth-order valence-corrected chi connectivity index (χ4v) is 4.17. The van der Waals surface area contributed by atoms with E-state index in [2.05, 4.69) is 56.2 Å². The number of halogens is 3. The van der Waals surface area contributed by atoms with E-state index in [9.17, 15) is 4.79 Å². The predicted octanol–water partition coefficient (Wildman–Crippen LogP) is 5.01. The van der Waals surface area contributed by atoms with Crippen LogP contribution in [0.15, 0.2) is 79.1 Å². The highest BCUT2D eigenvalue weighted by atomic mass is 35.5. The van der Waals surface area contributed by atoms with E-state index in [1.54, 1.807) is 30.0 Å². The van der Waals surface area contributed by atoms with Crippen molar-refractivity contribution in [3.63, 3.8) is 0 Å². The molecule has 0 bridgehead atoms. The van der Waals surface area contributed by atoms with Crippen LogP contribution in [0, 0.1) is 0 Å². The predicted molar refractivity (Wildman–Crippen MR) is 147 cm³/mol. The Morgan fingerprint density at radius 1 is 0.829 bits per heavy atom. The van der Waals surface area contributed by atoms with Gasteiger partial charge in [0, 0.05) is 60.9 Å². The third-order valence-electron chi connectivity index (χ3n) is 5.89. The zero-order chi connectivity index (χ0) is 21.9. The second-order valence-corrected chi connectivity index (χ2v) is 7.75. The number of anilines is 2. The fraction of sp³-hybridized carbons (Fsp3) is 0.160. The van der Waals surface area contributed by atoms with Crippen molar-refractivity contribution >= 4 is 65.4 Å². The van der Waals surface area contributed by atoms with Gasteiger partial charge in [-0.15, -0.1) is 37.2 Å². The molecule has 184 valence electrons. The van der Waals surface area contributed by atoms with Crippen LogP contribution in [-0.4, -0.2) is 47.3 Å². The number of nitrogens with zero attached hydrogens (tertiary/aromatic N) is 4. The minimum Gasteiger partial charge on any atom is -0.368 e. The number of nitrogens with one attached hydrogen (secondary N) is 1. The summed E-state index contributed by atoms with van der Waals surface area (Å²) in [5.41, 5.74) is 6.71.